The normalized spacial score (nSPS) is 16.1. The van der Waals surface area contributed by atoms with Gasteiger partial charge in [0.1, 0.15) is 11.6 Å². The Balaban J connectivity index is 1.80. The van der Waals surface area contributed by atoms with Crippen LogP contribution in [0.25, 0.3) is 0 Å². The van der Waals surface area contributed by atoms with Crippen LogP contribution in [0, 0.1) is 17.1 Å². The van der Waals surface area contributed by atoms with E-state index >= 15 is 0 Å². The van der Waals surface area contributed by atoms with Crippen molar-refractivity contribution in [2.45, 2.75) is 12.5 Å². The zero-order valence-electron chi connectivity index (χ0n) is 17.5. The first kappa shape index (κ1) is 21.7. The Bertz CT molecular complexity index is 1290. The van der Waals surface area contributed by atoms with E-state index < -0.39 is 15.9 Å². The van der Waals surface area contributed by atoms with E-state index in [1.165, 1.54) is 22.7 Å². The quantitative estimate of drug-likeness (QED) is 0.612. The van der Waals surface area contributed by atoms with Crippen molar-refractivity contribution < 1.29 is 12.8 Å². The summed E-state index contributed by atoms with van der Waals surface area (Å²) in [5, 5.41) is 15.2. The van der Waals surface area contributed by atoms with Crippen LogP contribution >= 0.6 is 0 Å². The van der Waals surface area contributed by atoms with Crippen molar-refractivity contribution in [3.63, 3.8) is 0 Å². The van der Waals surface area contributed by atoms with Gasteiger partial charge in [0.15, 0.2) is 0 Å². The summed E-state index contributed by atoms with van der Waals surface area (Å²) in [6, 6.07) is 14.9. The molecule has 0 saturated carbocycles. The average Bonchev–Trinajstić information content (AvgIpc) is 2.78. The molecule has 0 radical (unpaired) electrons. The number of fused-ring (bicyclic) bond motifs is 1. The summed E-state index contributed by atoms with van der Waals surface area (Å²) < 4.78 is 39.6. The van der Waals surface area contributed by atoms with Crippen molar-refractivity contribution in [3.8, 4) is 6.07 Å². The van der Waals surface area contributed by atoms with Crippen LogP contribution in [0.2, 0.25) is 0 Å². The van der Waals surface area contributed by atoms with Crippen molar-refractivity contribution >= 4 is 27.5 Å². The first-order chi connectivity index (χ1) is 15.3. The molecular weight excluding hydrogens is 431 g/mol. The minimum Gasteiger partial charge on any atom is -0.373 e. The number of aromatic nitrogens is 2. The van der Waals surface area contributed by atoms with Gasteiger partial charge in [-0.25, -0.2) is 17.8 Å². The van der Waals surface area contributed by atoms with E-state index in [0.717, 1.165) is 5.56 Å². The molecule has 2 heterocycles. The van der Waals surface area contributed by atoms with Gasteiger partial charge in [-0.15, -0.1) is 0 Å². The fraction of sp³-hybridized carbons (Fsp3) is 0.227. The standard InChI is InChI=1S/C22H21FN6O2S/c1-25-21-19-13-29(32(2,30)31)12-18(15-5-7-16(23)8-6-15)20(19)27-22(28-21)26-17-9-3-14(11-24)4-10-17/h3-10,18H,12-13H2,1-2H3,(H2,25,26,27,28). The van der Waals surface area contributed by atoms with Crippen molar-refractivity contribution in [2.75, 3.05) is 30.5 Å². The molecule has 1 atom stereocenters. The molecule has 1 aliphatic rings. The molecule has 10 heteroatoms. The maximum Gasteiger partial charge on any atom is 0.229 e. The van der Waals surface area contributed by atoms with Gasteiger partial charge in [-0.1, -0.05) is 12.1 Å². The lowest BCUT2D eigenvalue weighted by molar-refractivity contribution is 0.370. The van der Waals surface area contributed by atoms with Gasteiger partial charge in [-0.05, 0) is 42.0 Å². The molecule has 2 aromatic carbocycles. The summed E-state index contributed by atoms with van der Waals surface area (Å²) in [5.74, 6) is 0.0709. The summed E-state index contributed by atoms with van der Waals surface area (Å²) in [5.41, 5.74) is 3.34. The molecule has 2 N–H and O–H groups in total. The van der Waals surface area contributed by atoms with Crippen LogP contribution in [0.3, 0.4) is 0 Å². The predicted octanol–water partition coefficient (Wildman–Crippen LogP) is 3.18. The second-order valence-corrected chi connectivity index (χ2v) is 9.47. The molecule has 4 rings (SSSR count). The van der Waals surface area contributed by atoms with Crippen LogP contribution in [-0.4, -0.2) is 42.5 Å². The zero-order chi connectivity index (χ0) is 22.9. The molecule has 1 aromatic heterocycles. The average molecular weight is 453 g/mol. The van der Waals surface area contributed by atoms with Crippen LogP contribution in [0.4, 0.5) is 21.8 Å². The van der Waals surface area contributed by atoms with Crippen LogP contribution in [0.1, 0.15) is 28.3 Å². The van der Waals surface area contributed by atoms with Gasteiger partial charge < -0.3 is 10.6 Å². The molecule has 164 valence electrons. The summed E-state index contributed by atoms with van der Waals surface area (Å²) in [6.07, 6.45) is 1.17. The first-order valence-corrected chi connectivity index (χ1v) is 11.7. The van der Waals surface area contributed by atoms with E-state index in [1.807, 2.05) is 0 Å². The van der Waals surface area contributed by atoms with E-state index in [0.29, 0.717) is 34.3 Å². The maximum absolute atomic E-state index is 13.5. The van der Waals surface area contributed by atoms with Crippen molar-refractivity contribution in [1.29, 1.82) is 5.26 Å². The third kappa shape index (κ3) is 4.39. The number of sulfonamides is 1. The highest BCUT2D eigenvalue weighted by atomic mass is 32.2. The molecule has 0 bridgehead atoms. The van der Waals surface area contributed by atoms with Crippen LogP contribution < -0.4 is 10.6 Å². The maximum atomic E-state index is 13.5. The van der Waals surface area contributed by atoms with Crippen LogP contribution in [-0.2, 0) is 16.6 Å². The number of nitrogens with zero attached hydrogens (tertiary/aromatic N) is 4. The lowest BCUT2D eigenvalue weighted by Crippen LogP contribution is -2.39. The second-order valence-electron chi connectivity index (χ2n) is 7.48. The predicted molar refractivity (Wildman–Crippen MR) is 120 cm³/mol. The lowest BCUT2D eigenvalue weighted by atomic mass is 9.89. The Kier molecular flexibility index (Phi) is 5.78. The van der Waals surface area contributed by atoms with E-state index in [2.05, 4.69) is 21.7 Å². The molecular formula is C22H21FN6O2S. The number of anilines is 3. The topological polar surface area (TPSA) is 111 Å². The number of rotatable bonds is 5. The molecule has 0 spiro atoms. The van der Waals surface area contributed by atoms with E-state index in [9.17, 15) is 12.8 Å². The van der Waals surface area contributed by atoms with E-state index in [1.54, 1.807) is 43.4 Å². The van der Waals surface area contributed by atoms with Crippen molar-refractivity contribution in [1.82, 2.24) is 14.3 Å². The van der Waals surface area contributed by atoms with E-state index in [-0.39, 0.29) is 18.9 Å². The molecule has 8 nitrogen and oxygen atoms in total. The molecule has 0 aliphatic carbocycles. The van der Waals surface area contributed by atoms with Gasteiger partial charge in [0, 0.05) is 37.3 Å². The van der Waals surface area contributed by atoms with Crippen molar-refractivity contribution in [3.05, 3.63) is 76.7 Å². The lowest BCUT2D eigenvalue weighted by Gasteiger charge is -2.33. The van der Waals surface area contributed by atoms with E-state index in [4.69, 9.17) is 10.2 Å². The third-order valence-corrected chi connectivity index (χ3v) is 6.55. The Morgan fingerprint density at radius 1 is 1.12 bits per heavy atom. The largest absolute Gasteiger partial charge is 0.373 e. The summed E-state index contributed by atoms with van der Waals surface area (Å²) >= 11 is 0. The summed E-state index contributed by atoms with van der Waals surface area (Å²) in [6.45, 7) is 0.327. The highest BCUT2D eigenvalue weighted by molar-refractivity contribution is 7.88. The fourth-order valence-electron chi connectivity index (χ4n) is 3.71. The second kappa shape index (κ2) is 8.53. The molecule has 0 fully saturated rings. The number of halogens is 1. The number of hydrogen-bond donors (Lipinski definition) is 2. The molecule has 3 aromatic rings. The SMILES string of the molecule is CNc1nc(Nc2ccc(C#N)cc2)nc2c1CN(S(C)(=O)=O)CC2c1ccc(F)cc1. The third-order valence-electron chi connectivity index (χ3n) is 5.34. The Morgan fingerprint density at radius 2 is 1.81 bits per heavy atom. The van der Waals surface area contributed by atoms with Gasteiger partial charge in [0.25, 0.3) is 0 Å². The highest BCUT2D eigenvalue weighted by Gasteiger charge is 2.34. The van der Waals surface area contributed by atoms with Gasteiger partial charge in [0.05, 0.1) is 23.6 Å². The van der Waals surface area contributed by atoms with Crippen molar-refractivity contribution in [2.24, 2.45) is 0 Å². The Labute approximate surface area is 185 Å². The smallest absolute Gasteiger partial charge is 0.229 e. The molecule has 1 aliphatic heterocycles. The van der Waals surface area contributed by atoms with Gasteiger partial charge in [-0.2, -0.15) is 14.6 Å². The van der Waals surface area contributed by atoms with Gasteiger partial charge >= 0.3 is 0 Å². The van der Waals surface area contributed by atoms with Gasteiger partial charge in [0.2, 0.25) is 16.0 Å². The minimum absolute atomic E-state index is 0.138. The minimum atomic E-state index is -3.47. The molecule has 0 amide bonds. The monoisotopic (exact) mass is 452 g/mol. The molecule has 1 unspecified atom stereocenters. The number of nitrogens with one attached hydrogen (secondary N) is 2. The highest BCUT2D eigenvalue weighted by Crippen LogP contribution is 2.37. The number of nitriles is 1. The Morgan fingerprint density at radius 3 is 2.41 bits per heavy atom. The summed E-state index contributed by atoms with van der Waals surface area (Å²) in [4.78, 5) is 9.24. The number of benzene rings is 2. The number of hydrogen-bond acceptors (Lipinski definition) is 7. The van der Waals surface area contributed by atoms with Crippen LogP contribution in [0.5, 0.6) is 0 Å². The molecule has 0 saturated heterocycles. The summed E-state index contributed by atoms with van der Waals surface area (Å²) in [7, 11) is -1.77. The van der Waals surface area contributed by atoms with Crippen LogP contribution in [0.15, 0.2) is 48.5 Å². The zero-order valence-corrected chi connectivity index (χ0v) is 18.3. The molecule has 32 heavy (non-hydrogen) atoms. The first-order valence-electron chi connectivity index (χ1n) is 9.85. The Hall–Kier alpha value is -3.55. The fourth-order valence-corrected chi connectivity index (χ4v) is 4.49. The van der Waals surface area contributed by atoms with Gasteiger partial charge in [-0.3, -0.25) is 0 Å².